The monoisotopic (exact) mass is 286 g/mol. The first kappa shape index (κ1) is 9.06. The van der Waals surface area contributed by atoms with E-state index < -0.39 is 0 Å². The molecule has 0 aliphatic carbocycles. The molecule has 0 radical (unpaired) electrons. The van der Waals surface area contributed by atoms with Gasteiger partial charge in [-0.25, -0.2) is 0 Å². The van der Waals surface area contributed by atoms with Crippen LogP contribution < -0.4 is 0 Å². The molecule has 0 N–H and O–H groups in total. The molecule has 13 heavy (non-hydrogen) atoms. The highest BCUT2D eigenvalue weighted by Gasteiger charge is 2.15. The number of allylic oxidation sites excluding steroid dienone is 1. The fraction of sp³-hybridized carbons (Fsp3) is 0.273. The fourth-order valence-electron chi connectivity index (χ4n) is 1.46. The minimum absolute atomic E-state index is 0.264. The van der Waals surface area contributed by atoms with E-state index in [4.69, 9.17) is 4.74 Å². The Morgan fingerprint density at radius 3 is 2.62 bits per heavy atom. The van der Waals surface area contributed by atoms with Gasteiger partial charge in [-0.05, 0) is 41.0 Å². The average Bonchev–Trinajstić information content (AvgIpc) is 2.20. The van der Waals surface area contributed by atoms with Gasteiger partial charge in [0.2, 0.25) is 0 Å². The van der Waals surface area contributed by atoms with Gasteiger partial charge in [-0.3, -0.25) is 0 Å². The molecule has 2 heteroatoms. The van der Waals surface area contributed by atoms with Gasteiger partial charge in [-0.15, -0.1) is 0 Å². The second kappa shape index (κ2) is 4.13. The molecule has 0 spiro atoms. The van der Waals surface area contributed by atoms with Crippen molar-refractivity contribution in [2.75, 3.05) is 0 Å². The van der Waals surface area contributed by atoms with E-state index in [9.17, 15) is 0 Å². The Hall–Kier alpha value is -0.510. The molecule has 0 saturated heterocycles. The van der Waals surface area contributed by atoms with Crippen LogP contribution in [0.2, 0.25) is 0 Å². The van der Waals surface area contributed by atoms with Crippen LogP contribution in [0.4, 0.5) is 0 Å². The van der Waals surface area contributed by atoms with Crippen LogP contribution in [0, 0.1) is 0 Å². The lowest BCUT2D eigenvalue weighted by atomic mass is 10.0. The molecule has 1 atom stereocenters. The molecular weight excluding hydrogens is 275 g/mol. The Morgan fingerprint density at radius 1 is 1.23 bits per heavy atom. The Kier molecular flexibility index (Phi) is 2.88. The second-order valence-corrected chi connectivity index (χ2v) is 4.52. The number of rotatable bonds is 1. The van der Waals surface area contributed by atoms with Crippen molar-refractivity contribution in [1.29, 1.82) is 0 Å². The normalized spacial score (nSPS) is 21.9. The minimum Gasteiger partial charge on any atom is -0.493 e. The lowest BCUT2D eigenvalue weighted by Gasteiger charge is -2.21. The highest BCUT2D eigenvalue weighted by atomic mass is 127. The Labute approximate surface area is 91.9 Å². The molecule has 1 unspecified atom stereocenters. The van der Waals surface area contributed by atoms with Gasteiger partial charge < -0.3 is 4.74 Å². The van der Waals surface area contributed by atoms with E-state index in [0.29, 0.717) is 0 Å². The number of ether oxygens (including phenoxy) is 1. The third-order valence-corrected chi connectivity index (χ3v) is 2.97. The van der Waals surface area contributed by atoms with Gasteiger partial charge in [0, 0.05) is 3.58 Å². The molecule has 0 saturated carbocycles. The molecule has 0 bridgehead atoms. The molecule has 0 aromatic heterocycles. The summed E-state index contributed by atoms with van der Waals surface area (Å²) in [5.41, 5.74) is 1.28. The summed E-state index contributed by atoms with van der Waals surface area (Å²) in [5.74, 6) is 0. The highest BCUT2D eigenvalue weighted by Crippen LogP contribution is 2.31. The van der Waals surface area contributed by atoms with E-state index in [1.54, 1.807) is 0 Å². The van der Waals surface area contributed by atoms with Crippen LogP contribution in [0.5, 0.6) is 0 Å². The average molecular weight is 286 g/mol. The molecule has 0 fully saturated rings. The van der Waals surface area contributed by atoms with Gasteiger partial charge in [-0.2, -0.15) is 0 Å². The van der Waals surface area contributed by atoms with E-state index >= 15 is 0 Å². The first-order valence-electron chi connectivity index (χ1n) is 4.41. The summed E-state index contributed by atoms with van der Waals surface area (Å²) in [4.78, 5) is 0. The fourth-order valence-corrected chi connectivity index (χ4v) is 1.92. The van der Waals surface area contributed by atoms with Crippen LogP contribution in [-0.2, 0) is 4.74 Å². The summed E-state index contributed by atoms with van der Waals surface area (Å²) in [5, 5.41) is 0. The summed E-state index contributed by atoms with van der Waals surface area (Å²) in [6.45, 7) is 0. The van der Waals surface area contributed by atoms with E-state index in [-0.39, 0.29) is 6.10 Å². The first-order chi connectivity index (χ1) is 6.36. The van der Waals surface area contributed by atoms with E-state index in [1.165, 1.54) is 9.14 Å². The minimum atomic E-state index is 0.264. The molecular formula is C11H11IO. The molecule has 1 nitrogen and oxygen atoms in total. The third-order valence-electron chi connectivity index (χ3n) is 2.18. The number of halogens is 1. The van der Waals surface area contributed by atoms with Gasteiger partial charge >= 0.3 is 0 Å². The zero-order valence-corrected chi connectivity index (χ0v) is 9.40. The van der Waals surface area contributed by atoms with Gasteiger partial charge in [0.05, 0.1) is 6.26 Å². The number of hydrogen-bond donors (Lipinski definition) is 0. The quantitative estimate of drug-likeness (QED) is 0.713. The largest absolute Gasteiger partial charge is 0.493 e. The van der Waals surface area contributed by atoms with E-state index in [2.05, 4.69) is 46.9 Å². The molecule has 1 aromatic rings. The third kappa shape index (κ3) is 2.24. The standard InChI is InChI=1S/C11H11IO/c12-10-6-7-11(13-8-10)9-4-2-1-3-5-9/h1-5,8,11H,6-7H2. The van der Waals surface area contributed by atoms with Crippen LogP contribution in [0.1, 0.15) is 24.5 Å². The zero-order chi connectivity index (χ0) is 9.10. The van der Waals surface area contributed by atoms with Crippen molar-refractivity contribution in [3.63, 3.8) is 0 Å². The van der Waals surface area contributed by atoms with Crippen molar-refractivity contribution in [2.24, 2.45) is 0 Å². The summed E-state index contributed by atoms with van der Waals surface area (Å²) in [7, 11) is 0. The van der Waals surface area contributed by atoms with Crippen molar-refractivity contribution in [2.45, 2.75) is 18.9 Å². The maximum atomic E-state index is 5.61. The van der Waals surface area contributed by atoms with Crippen LogP contribution in [0.25, 0.3) is 0 Å². The molecule has 68 valence electrons. The summed E-state index contributed by atoms with van der Waals surface area (Å²) in [6, 6.07) is 10.4. The Bertz CT molecular complexity index is 305. The predicted octanol–water partition coefficient (Wildman–Crippen LogP) is 3.81. The van der Waals surface area contributed by atoms with E-state index in [1.807, 2.05) is 12.3 Å². The van der Waals surface area contributed by atoms with Crippen molar-refractivity contribution < 1.29 is 4.74 Å². The number of hydrogen-bond acceptors (Lipinski definition) is 1. The number of benzene rings is 1. The summed E-state index contributed by atoms with van der Waals surface area (Å²) in [6.07, 6.45) is 4.38. The van der Waals surface area contributed by atoms with Crippen molar-refractivity contribution in [3.8, 4) is 0 Å². The molecule has 1 aromatic carbocycles. The maximum absolute atomic E-state index is 5.61. The SMILES string of the molecule is IC1=COC(c2ccccc2)CC1. The second-order valence-electron chi connectivity index (χ2n) is 3.14. The molecule has 2 rings (SSSR count). The van der Waals surface area contributed by atoms with Crippen molar-refractivity contribution in [3.05, 3.63) is 45.7 Å². The van der Waals surface area contributed by atoms with Crippen molar-refractivity contribution in [1.82, 2.24) is 0 Å². The molecule has 0 amide bonds. The zero-order valence-electron chi connectivity index (χ0n) is 7.24. The molecule has 1 heterocycles. The smallest absolute Gasteiger partial charge is 0.123 e. The molecule has 1 aliphatic rings. The van der Waals surface area contributed by atoms with Crippen LogP contribution in [0.3, 0.4) is 0 Å². The molecule has 1 aliphatic heterocycles. The van der Waals surface area contributed by atoms with E-state index in [0.717, 1.165) is 12.8 Å². The highest BCUT2D eigenvalue weighted by molar-refractivity contribution is 14.1. The lowest BCUT2D eigenvalue weighted by Crippen LogP contribution is -2.04. The van der Waals surface area contributed by atoms with Gasteiger partial charge in [-0.1, -0.05) is 30.3 Å². The van der Waals surface area contributed by atoms with Crippen LogP contribution in [-0.4, -0.2) is 0 Å². The Morgan fingerprint density at radius 2 is 2.00 bits per heavy atom. The van der Waals surface area contributed by atoms with Crippen molar-refractivity contribution >= 4 is 22.6 Å². The first-order valence-corrected chi connectivity index (χ1v) is 5.49. The Balaban J connectivity index is 2.12. The van der Waals surface area contributed by atoms with Gasteiger partial charge in [0.15, 0.2) is 0 Å². The van der Waals surface area contributed by atoms with Crippen LogP contribution >= 0.6 is 22.6 Å². The van der Waals surface area contributed by atoms with Gasteiger partial charge in [0.25, 0.3) is 0 Å². The topological polar surface area (TPSA) is 9.23 Å². The predicted molar refractivity (Wildman–Crippen MR) is 61.6 cm³/mol. The summed E-state index contributed by atoms with van der Waals surface area (Å²) < 4.78 is 6.92. The van der Waals surface area contributed by atoms with Crippen LogP contribution in [0.15, 0.2) is 40.2 Å². The van der Waals surface area contributed by atoms with Gasteiger partial charge in [0.1, 0.15) is 6.10 Å². The maximum Gasteiger partial charge on any atom is 0.123 e. The lowest BCUT2D eigenvalue weighted by molar-refractivity contribution is 0.124. The summed E-state index contributed by atoms with van der Waals surface area (Å²) >= 11 is 2.32.